The Hall–Kier alpha value is -3.08. The zero-order chi connectivity index (χ0) is 20.9. The molecule has 1 atom stereocenters. The first-order valence-electron chi connectivity index (χ1n) is 10.3. The molecule has 1 aliphatic rings. The predicted octanol–water partition coefficient (Wildman–Crippen LogP) is 4.90. The molecule has 3 nitrogen and oxygen atoms in total. The van der Waals surface area contributed by atoms with Gasteiger partial charge in [-0.2, -0.15) is 0 Å². The molecule has 2 aromatic carbocycles. The second-order valence-electron chi connectivity index (χ2n) is 7.80. The third-order valence-electron chi connectivity index (χ3n) is 5.62. The van der Waals surface area contributed by atoms with E-state index in [2.05, 4.69) is 0 Å². The van der Waals surface area contributed by atoms with Gasteiger partial charge in [-0.15, -0.1) is 0 Å². The Balaban J connectivity index is 1.43. The van der Waals surface area contributed by atoms with Crippen LogP contribution in [-0.2, 0) is 17.6 Å². The molecule has 30 heavy (non-hydrogen) atoms. The topological polar surface area (TPSA) is 33.2 Å². The maximum absolute atomic E-state index is 14.0. The van der Waals surface area contributed by atoms with E-state index in [-0.39, 0.29) is 29.9 Å². The number of piperidine rings is 1. The van der Waals surface area contributed by atoms with Crippen molar-refractivity contribution in [1.29, 1.82) is 0 Å². The summed E-state index contributed by atoms with van der Waals surface area (Å²) in [7, 11) is 0. The van der Waals surface area contributed by atoms with E-state index in [1.807, 2.05) is 29.2 Å². The van der Waals surface area contributed by atoms with Crippen molar-refractivity contribution < 1.29 is 13.6 Å². The van der Waals surface area contributed by atoms with Crippen LogP contribution in [0.2, 0.25) is 0 Å². The number of benzene rings is 2. The molecule has 1 fully saturated rings. The molecular formula is C25H24F2N2O. The summed E-state index contributed by atoms with van der Waals surface area (Å²) in [5.41, 5.74) is 3.21. The number of likely N-dealkylation sites (tertiary alicyclic amines) is 1. The molecule has 5 heteroatoms. The van der Waals surface area contributed by atoms with Gasteiger partial charge in [0.15, 0.2) is 0 Å². The highest BCUT2D eigenvalue weighted by atomic mass is 19.1. The van der Waals surface area contributed by atoms with Crippen molar-refractivity contribution in [2.45, 2.75) is 31.6 Å². The van der Waals surface area contributed by atoms with E-state index in [1.54, 1.807) is 24.3 Å². The van der Waals surface area contributed by atoms with Crippen LogP contribution in [0, 0.1) is 11.6 Å². The van der Waals surface area contributed by atoms with E-state index in [4.69, 9.17) is 4.98 Å². The van der Waals surface area contributed by atoms with Gasteiger partial charge in [0.05, 0.1) is 6.42 Å². The molecule has 4 rings (SSSR count). The van der Waals surface area contributed by atoms with E-state index in [1.165, 1.54) is 18.2 Å². The lowest BCUT2D eigenvalue weighted by Gasteiger charge is -2.32. The number of halogens is 2. The maximum atomic E-state index is 14.0. The minimum atomic E-state index is -0.300. The van der Waals surface area contributed by atoms with E-state index in [9.17, 15) is 13.6 Å². The van der Waals surface area contributed by atoms with Crippen molar-refractivity contribution in [1.82, 2.24) is 9.88 Å². The van der Waals surface area contributed by atoms with Crippen molar-refractivity contribution >= 4 is 5.91 Å². The van der Waals surface area contributed by atoms with Gasteiger partial charge in [0.1, 0.15) is 11.6 Å². The van der Waals surface area contributed by atoms with Crippen LogP contribution in [0.4, 0.5) is 8.78 Å². The maximum Gasteiger partial charge on any atom is 0.227 e. The highest BCUT2D eigenvalue weighted by Gasteiger charge is 2.25. The summed E-state index contributed by atoms with van der Waals surface area (Å²) in [6, 6.07) is 18.7. The van der Waals surface area contributed by atoms with Gasteiger partial charge in [0.2, 0.25) is 5.91 Å². The average Bonchev–Trinajstić information content (AvgIpc) is 2.77. The number of amides is 1. The Morgan fingerprint density at radius 3 is 2.60 bits per heavy atom. The Morgan fingerprint density at radius 1 is 1.00 bits per heavy atom. The normalized spacial score (nSPS) is 16.5. The number of rotatable bonds is 5. The first kappa shape index (κ1) is 20.2. The SMILES string of the molecule is O=C(Cc1ccc(F)cc1)N1CCC[C@@H](c2cccc(Cc3ccccc3F)n2)C1. The molecule has 0 radical (unpaired) electrons. The number of nitrogens with zero attached hydrogens (tertiary/aromatic N) is 2. The first-order chi connectivity index (χ1) is 14.6. The number of carbonyl (C=O) groups excluding carboxylic acids is 1. The summed E-state index contributed by atoms with van der Waals surface area (Å²) in [5, 5.41) is 0. The van der Waals surface area contributed by atoms with Crippen LogP contribution in [0.3, 0.4) is 0 Å². The summed E-state index contributed by atoms with van der Waals surface area (Å²) < 4.78 is 27.1. The monoisotopic (exact) mass is 406 g/mol. The van der Waals surface area contributed by atoms with Gasteiger partial charge in [-0.05, 0) is 54.3 Å². The molecule has 3 aromatic rings. The summed E-state index contributed by atoms with van der Waals surface area (Å²) in [4.78, 5) is 19.4. The third-order valence-corrected chi connectivity index (χ3v) is 5.62. The summed E-state index contributed by atoms with van der Waals surface area (Å²) in [6.07, 6.45) is 2.60. The van der Waals surface area contributed by atoms with Crippen molar-refractivity contribution in [2.24, 2.45) is 0 Å². The molecule has 0 spiro atoms. The number of hydrogen-bond acceptors (Lipinski definition) is 2. The number of hydrogen-bond donors (Lipinski definition) is 0. The molecule has 2 heterocycles. The van der Waals surface area contributed by atoms with Crippen LogP contribution in [0.15, 0.2) is 66.7 Å². The molecule has 154 valence electrons. The molecule has 1 aliphatic heterocycles. The Bertz CT molecular complexity index is 1020. The Morgan fingerprint density at radius 2 is 1.80 bits per heavy atom. The van der Waals surface area contributed by atoms with Crippen LogP contribution in [0.25, 0.3) is 0 Å². The minimum absolute atomic E-state index is 0.0498. The minimum Gasteiger partial charge on any atom is -0.342 e. The van der Waals surface area contributed by atoms with E-state index >= 15 is 0 Å². The lowest BCUT2D eigenvalue weighted by Crippen LogP contribution is -2.40. The standard InChI is InChI=1S/C25H24F2N2O/c26-21-12-10-18(11-13-21)15-25(30)29-14-4-6-20(17-29)24-9-3-7-22(28-24)16-19-5-1-2-8-23(19)27/h1-3,5,7-13,20H,4,6,14-17H2/t20-/m1/s1. The number of carbonyl (C=O) groups is 1. The molecule has 1 aromatic heterocycles. The van der Waals surface area contributed by atoms with Gasteiger partial charge >= 0.3 is 0 Å². The second-order valence-corrected chi connectivity index (χ2v) is 7.80. The highest BCUT2D eigenvalue weighted by Crippen LogP contribution is 2.26. The molecule has 0 N–H and O–H groups in total. The molecular weight excluding hydrogens is 382 g/mol. The van der Waals surface area contributed by atoms with Gasteiger partial charge in [-0.25, -0.2) is 8.78 Å². The lowest BCUT2D eigenvalue weighted by molar-refractivity contribution is -0.131. The highest BCUT2D eigenvalue weighted by molar-refractivity contribution is 5.79. The van der Waals surface area contributed by atoms with Gasteiger partial charge in [-0.3, -0.25) is 9.78 Å². The van der Waals surface area contributed by atoms with Crippen LogP contribution in [-0.4, -0.2) is 28.9 Å². The van der Waals surface area contributed by atoms with E-state index in [0.29, 0.717) is 18.5 Å². The van der Waals surface area contributed by atoms with Crippen molar-refractivity contribution in [2.75, 3.05) is 13.1 Å². The molecule has 0 bridgehead atoms. The lowest BCUT2D eigenvalue weighted by atomic mass is 9.93. The first-order valence-corrected chi connectivity index (χ1v) is 10.3. The van der Waals surface area contributed by atoms with Gasteiger partial charge in [0.25, 0.3) is 0 Å². The molecule has 0 unspecified atom stereocenters. The fourth-order valence-electron chi connectivity index (χ4n) is 3.99. The average molecular weight is 406 g/mol. The van der Waals surface area contributed by atoms with Crippen molar-refractivity contribution in [3.8, 4) is 0 Å². The van der Waals surface area contributed by atoms with Crippen LogP contribution >= 0.6 is 0 Å². The Labute approximate surface area is 175 Å². The van der Waals surface area contributed by atoms with Gasteiger partial charge in [-0.1, -0.05) is 36.4 Å². The van der Waals surface area contributed by atoms with Crippen molar-refractivity contribution in [3.05, 3.63) is 101 Å². The van der Waals surface area contributed by atoms with Crippen molar-refractivity contribution in [3.63, 3.8) is 0 Å². The molecule has 0 saturated carbocycles. The van der Waals surface area contributed by atoms with E-state index in [0.717, 1.165) is 36.3 Å². The summed E-state index contributed by atoms with van der Waals surface area (Å²) >= 11 is 0. The van der Waals surface area contributed by atoms with Crippen LogP contribution < -0.4 is 0 Å². The van der Waals surface area contributed by atoms with Crippen LogP contribution in [0.1, 0.15) is 41.3 Å². The zero-order valence-corrected chi connectivity index (χ0v) is 16.7. The molecule has 1 amide bonds. The molecule has 1 saturated heterocycles. The van der Waals surface area contributed by atoms with Crippen LogP contribution in [0.5, 0.6) is 0 Å². The third kappa shape index (κ3) is 4.90. The van der Waals surface area contributed by atoms with E-state index < -0.39 is 0 Å². The second kappa shape index (κ2) is 9.16. The molecule has 0 aliphatic carbocycles. The van der Waals surface area contributed by atoms with Gasteiger partial charge < -0.3 is 4.90 Å². The quantitative estimate of drug-likeness (QED) is 0.604. The zero-order valence-electron chi connectivity index (χ0n) is 16.7. The predicted molar refractivity (Wildman–Crippen MR) is 112 cm³/mol. The fourth-order valence-corrected chi connectivity index (χ4v) is 3.99. The summed E-state index contributed by atoms with van der Waals surface area (Å²) in [5.74, 6) is -0.309. The Kier molecular flexibility index (Phi) is 6.17. The largest absolute Gasteiger partial charge is 0.342 e. The smallest absolute Gasteiger partial charge is 0.227 e. The fraction of sp³-hybridized carbons (Fsp3) is 0.280. The number of pyridine rings is 1. The summed E-state index contributed by atoms with van der Waals surface area (Å²) in [6.45, 7) is 1.35. The van der Waals surface area contributed by atoms with Gasteiger partial charge in [0, 0.05) is 36.8 Å². The number of aromatic nitrogens is 1.